The van der Waals surface area contributed by atoms with Gasteiger partial charge in [0.1, 0.15) is 11.9 Å². The first-order chi connectivity index (χ1) is 9.65. The minimum Gasteiger partial charge on any atom is -0.508 e. The van der Waals surface area contributed by atoms with Crippen LogP contribution in [-0.4, -0.2) is 22.1 Å². The number of hydrogen-bond acceptors (Lipinski definition) is 3. The zero-order chi connectivity index (χ0) is 14.4. The van der Waals surface area contributed by atoms with Crippen LogP contribution in [0.25, 0.3) is 6.08 Å². The lowest BCUT2D eigenvalue weighted by atomic mass is 10.0. The fourth-order valence-corrected chi connectivity index (χ4v) is 1.81. The molecular formula is C17H16O3. The van der Waals surface area contributed by atoms with Crippen molar-refractivity contribution < 1.29 is 15.0 Å². The molecule has 0 spiro atoms. The number of aliphatic hydroxyl groups excluding tert-OH is 1. The first-order valence-electron chi connectivity index (χ1n) is 6.38. The number of rotatable bonds is 5. The lowest BCUT2D eigenvalue weighted by Gasteiger charge is -2.07. The molecule has 0 fully saturated rings. The van der Waals surface area contributed by atoms with Crippen LogP contribution in [0, 0.1) is 0 Å². The lowest BCUT2D eigenvalue weighted by molar-refractivity contribution is -0.122. The van der Waals surface area contributed by atoms with Crippen LogP contribution in [0.3, 0.4) is 0 Å². The molecule has 2 rings (SSSR count). The molecule has 2 aromatic carbocycles. The highest BCUT2D eigenvalue weighted by Crippen LogP contribution is 2.12. The van der Waals surface area contributed by atoms with Crippen LogP contribution in [0.1, 0.15) is 11.1 Å². The fraction of sp³-hybridized carbons (Fsp3) is 0.118. The highest BCUT2D eigenvalue weighted by molar-refractivity contribution is 5.96. The summed E-state index contributed by atoms with van der Waals surface area (Å²) in [6, 6.07) is 15.9. The molecule has 2 N–H and O–H groups in total. The zero-order valence-corrected chi connectivity index (χ0v) is 10.9. The van der Waals surface area contributed by atoms with E-state index < -0.39 is 6.10 Å². The Kier molecular flexibility index (Phi) is 4.69. The van der Waals surface area contributed by atoms with Crippen molar-refractivity contribution in [2.75, 3.05) is 0 Å². The van der Waals surface area contributed by atoms with Gasteiger partial charge in [-0.2, -0.15) is 0 Å². The molecule has 0 aliphatic heterocycles. The van der Waals surface area contributed by atoms with E-state index in [4.69, 9.17) is 5.11 Å². The minimum atomic E-state index is -1.07. The third kappa shape index (κ3) is 4.07. The summed E-state index contributed by atoms with van der Waals surface area (Å²) < 4.78 is 0. The lowest BCUT2D eigenvalue weighted by Crippen LogP contribution is -2.20. The summed E-state index contributed by atoms with van der Waals surface area (Å²) in [7, 11) is 0. The highest BCUT2D eigenvalue weighted by atomic mass is 16.3. The average molecular weight is 268 g/mol. The van der Waals surface area contributed by atoms with E-state index in [-0.39, 0.29) is 18.0 Å². The minimum absolute atomic E-state index is 0.165. The normalized spacial score (nSPS) is 12.4. The molecular weight excluding hydrogens is 252 g/mol. The van der Waals surface area contributed by atoms with Gasteiger partial charge in [0.15, 0.2) is 5.78 Å². The maximum atomic E-state index is 11.8. The van der Waals surface area contributed by atoms with Crippen LogP contribution in [0.2, 0.25) is 0 Å². The van der Waals surface area contributed by atoms with E-state index in [1.807, 2.05) is 30.3 Å². The first kappa shape index (κ1) is 14.0. The molecule has 3 nitrogen and oxygen atoms in total. The second-order valence-electron chi connectivity index (χ2n) is 4.53. The van der Waals surface area contributed by atoms with Crippen molar-refractivity contribution in [3.05, 3.63) is 71.8 Å². The monoisotopic (exact) mass is 268 g/mol. The molecule has 20 heavy (non-hydrogen) atoms. The second kappa shape index (κ2) is 6.68. The van der Waals surface area contributed by atoms with Gasteiger partial charge < -0.3 is 10.2 Å². The largest absolute Gasteiger partial charge is 0.508 e. The van der Waals surface area contributed by atoms with Crippen molar-refractivity contribution in [3.63, 3.8) is 0 Å². The fourth-order valence-electron chi connectivity index (χ4n) is 1.81. The number of hydrogen-bond donors (Lipinski definition) is 2. The third-order valence-electron chi connectivity index (χ3n) is 2.93. The molecule has 0 aromatic heterocycles. The molecule has 3 heteroatoms. The summed E-state index contributed by atoms with van der Waals surface area (Å²) in [5.41, 5.74) is 1.72. The molecule has 0 aliphatic rings. The number of carbonyl (C=O) groups is 1. The Hall–Kier alpha value is -2.39. The van der Waals surface area contributed by atoms with Crippen LogP contribution in [0.15, 0.2) is 60.7 Å². The predicted molar refractivity (Wildman–Crippen MR) is 78.3 cm³/mol. The maximum absolute atomic E-state index is 11.8. The standard InChI is InChI=1S/C17H16O3/c18-15-9-6-14(7-10-15)12-17(20)16(19)11-8-13-4-2-1-3-5-13/h1-11,17-18,20H,12H2/b11-8+/t17-/m1/s1. The van der Waals surface area contributed by atoms with E-state index in [0.29, 0.717) is 0 Å². The van der Waals surface area contributed by atoms with Crippen molar-refractivity contribution in [2.45, 2.75) is 12.5 Å². The topological polar surface area (TPSA) is 57.5 Å². The number of carbonyl (C=O) groups excluding carboxylic acids is 1. The zero-order valence-electron chi connectivity index (χ0n) is 10.9. The van der Waals surface area contributed by atoms with E-state index in [1.165, 1.54) is 18.2 Å². The summed E-state index contributed by atoms with van der Waals surface area (Å²) >= 11 is 0. The van der Waals surface area contributed by atoms with E-state index in [0.717, 1.165) is 11.1 Å². The van der Waals surface area contributed by atoms with Gasteiger partial charge in [0.05, 0.1) is 0 Å². The maximum Gasteiger partial charge on any atom is 0.184 e. The molecule has 0 unspecified atom stereocenters. The predicted octanol–water partition coefficient (Wildman–Crippen LogP) is 2.58. The summed E-state index contributed by atoms with van der Waals surface area (Å²) in [6.45, 7) is 0. The summed E-state index contributed by atoms with van der Waals surface area (Å²) in [5.74, 6) is -0.166. The van der Waals surface area contributed by atoms with E-state index >= 15 is 0 Å². The van der Waals surface area contributed by atoms with Crippen LogP contribution >= 0.6 is 0 Å². The third-order valence-corrected chi connectivity index (χ3v) is 2.93. The van der Waals surface area contributed by atoms with Crippen molar-refractivity contribution >= 4 is 11.9 Å². The molecule has 0 saturated carbocycles. The Labute approximate surface area is 117 Å². The van der Waals surface area contributed by atoms with E-state index in [1.54, 1.807) is 18.2 Å². The Morgan fingerprint density at radius 2 is 1.70 bits per heavy atom. The first-order valence-corrected chi connectivity index (χ1v) is 6.38. The number of aliphatic hydroxyl groups is 1. The Balaban J connectivity index is 1.95. The van der Waals surface area contributed by atoms with Crippen molar-refractivity contribution in [1.29, 1.82) is 0 Å². The van der Waals surface area contributed by atoms with Gasteiger partial charge in [0.25, 0.3) is 0 Å². The highest BCUT2D eigenvalue weighted by Gasteiger charge is 2.12. The molecule has 0 heterocycles. The van der Waals surface area contributed by atoms with Crippen molar-refractivity contribution in [3.8, 4) is 5.75 Å². The van der Waals surface area contributed by atoms with Gasteiger partial charge in [-0.25, -0.2) is 0 Å². The quantitative estimate of drug-likeness (QED) is 0.819. The number of ketones is 1. The average Bonchev–Trinajstić information content (AvgIpc) is 2.48. The van der Waals surface area contributed by atoms with Gasteiger partial charge >= 0.3 is 0 Å². The number of phenols is 1. The molecule has 0 saturated heterocycles. The smallest absolute Gasteiger partial charge is 0.184 e. The van der Waals surface area contributed by atoms with Gasteiger partial charge in [-0.1, -0.05) is 48.5 Å². The molecule has 1 atom stereocenters. The molecule has 0 amide bonds. The van der Waals surface area contributed by atoms with E-state index in [2.05, 4.69) is 0 Å². The Morgan fingerprint density at radius 1 is 1.05 bits per heavy atom. The van der Waals surface area contributed by atoms with Gasteiger partial charge in [-0.15, -0.1) is 0 Å². The summed E-state index contributed by atoms with van der Waals surface area (Å²) in [4.78, 5) is 11.8. The molecule has 102 valence electrons. The number of aromatic hydroxyl groups is 1. The molecule has 0 bridgehead atoms. The van der Waals surface area contributed by atoms with Crippen LogP contribution in [0.5, 0.6) is 5.75 Å². The molecule has 2 aromatic rings. The number of benzene rings is 2. The summed E-state index contributed by atoms with van der Waals surface area (Å²) in [5, 5.41) is 19.0. The summed E-state index contributed by atoms with van der Waals surface area (Å²) in [6.07, 6.45) is 2.24. The van der Waals surface area contributed by atoms with E-state index in [9.17, 15) is 9.90 Å². The van der Waals surface area contributed by atoms with Crippen LogP contribution in [0.4, 0.5) is 0 Å². The Morgan fingerprint density at radius 3 is 2.35 bits per heavy atom. The Bertz CT molecular complexity index is 585. The van der Waals surface area contributed by atoms with Gasteiger partial charge in [-0.3, -0.25) is 4.79 Å². The second-order valence-corrected chi connectivity index (χ2v) is 4.53. The van der Waals surface area contributed by atoms with Gasteiger partial charge in [0.2, 0.25) is 0 Å². The van der Waals surface area contributed by atoms with Crippen LogP contribution in [-0.2, 0) is 11.2 Å². The van der Waals surface area contributed by atoms with Crippen molar-refractivity contribution in [1.82, 2.24) is 0 Å². The SMILES string of the molecule is O=C(/C=C/c1ccccc1)[C@H](O)Cc1ccc(O)cc1. The molecule has 0 aliphatic carbocycles. The van der Waals surface area contributed by atoms with Gasteiger partial charge in [-0.05, 0) is 29.3 Å². The van der Waals surface area contributed by atoms with Crippen molar-refractivity contribution in [2.24, 2.45) is 0 Å². The molecule has 0 radical (unpaired) electrons. The van der Waals surface area contributed by atoms with Gasteiger partial charge in [0, 0.05) is 6.42 Å². The van der Waals surface area contributed by atoms with Crippen LogP contribution < -0.4 is 0 Å². The number of phenolic OH excluding ortho intramolecular Hbond substituents is 1.